The smallest absolute Gasteiger partial charge is 0.225 e. The van der Waals surface area contributed by atoms with Crippen molar-refractivity contribution in [3.8, 4) is 0 Å². The molecule has 0 unspecified atom stereocenters. The first kappa shape index (κ1) is 20.4. The molecule has 2 aliphatic heterocycles. The van der Waals surface area contributed by atoms with E-state index in [-0.39, 0.29) is 5.92 Å². The van der Waals surface area contributed by atoms with Crippen LogP contribution in [0.3, 0.4) is 0 Å². The van der Waals surface area contributed by atoms with Crippen molar-refractivity contribution in [2.24, 2.45) is 5.92 Å². The van der Waals surface area contributed by atoms with E-state index in [1.54, 1.807) is 6.33 Å². The van der Waals surface area contributed by atoms with Crippen LogP contribution in [0, 0.1) is 5.92 Å². The molecule has 0 radical (unpaired) electrons. The Hall–Kier alpha value is -1.89. The highest BCUT2D eigenvalue weighted by atomic mass is 16.2. The Balaban J connectivity index is 1.28. The van der Waals surface area contributed by atoms with Crippen LogP contribution in [0.1, 0.15) is 44.9 Å². The summed E-state index contributed by atoms with van der Waals surface area (Å²) in [5.41, 5.74) is 1.07. The Morgan fingerprint density at radius 1 is 0.966 bits per heavy atom. The van der Waals surface area contributed by atoms with E-state index in [1.807, 2.05) is 25.2 Å². The van der Waals surface area contributed by atoms with E-state index < -0.39 is 0 Å². The van der Waals surface area contributed by atoms with E-state index in [2.05, 4.69) is 24.7 Å². The zero-order chi connectivity index (χ0) is 20.2. The molecule has 2 saturated heterocycles. The summed E-state index contributed by atoms with van der Waals surface area (Å²) in [4.78, 5) is 30.9. The average Bonchev–Trinajstić information content (AvgIpc) is 2.79. The largest absolute Gasteiger partial charge is 0.367 e. The molecule has 3 heterocycles. The first-order valence-electron chi connectivity index (χ1n) is 11.4. The molecule has 0 atom stereocenters. The summed E-state index contributed by atoms with van der Waals surface area (Å²) in [6.07, 6.45) is 12.2. The molecule has 1 aromatic rings. The number of carbonyl (C=O) groups excluding carboxylic acids is 1. The third-order valence-electron chi connectivity index (χ3n) is 7.00. The summed E-state index contributed by atoms with van der Waals surface area (Å²) >= 11 is 0. The minimum absolute atomic E-state index is 0.167. The fourth-order valence-electron chi connectivity index (χ4n) is 5.26. The number of piperazine rings is 1. The highest BCUT2D eigenvalue weighted by Gasteiger charge is 2.32. The fourth-order valence-corrected chi connectivity index (χ4v) is 5.26. The van der Waals surface area contributed by atoms with Crippen LogP contribution in [-0.4, -0.2) is 85.1 Å². The second kappa shape index (κ2) is 9.28. The normalized spacial score (nSPS) is 22.7. The molecule has 0 spiro atoms. The number of hydrogen-bond acceptors (Lipinski definition) is 6. The van der Waals surface area contributed by atoms with Gasteiger partial charge in [-0.1, -0.05) is 19.3 Å². The van der Waals surface area contributed by atoms with Crippen LogP contribution in [0.4, 0.5) is 11.5 Å². The molecule has 29 heavy (non-hydrogen) atoms. The van der Waals surface area contributed by atoms with Crippen LogP contribution in [0.15, 0.2) is 12.5 Å². The maximum Gasteiger partial charge on any atom is 0.225 e. The lowest BCUT2D eigenvalue weighted by molar-refractivity contribution is -0.138. The maximum absolute atomic E-state index is 13.1. The van der Waals surface area contributed by atoms with Crippen molar-refractivity contribution in [1.29, 1.82) is 0 Å². The van der Waals surface area contributed by atoms with E-state index in [0.717, 1.165) is 69.7 Å². The van der Waals surface area contributed by atoms with Crippen molar-refractivity contribution < 1.29 is 4.79 Å². The maximum atomic E-state index is 13.1. The highest BCUT2D eigenvalue weighted by molar-refractivity contribution is 5.79. The van der Waals surface area contributed by atoms with Crippen LogP contribution < -0.4 is 9.80 Å². The van der Waals surface area contributed by atoms with Crippen LogP contribution in [-0.2, 0) is 4.79 Å². The summed E-state index contributed by atoms with van der Waals surface area (Å²) in [5.74, 6) is 1.49. The molecule has 7 nitrogen and oxygen atoms in total. The predicted octanol–water partition coefficient (Wildman–Crippen LogP) is 2.24. The number of nitrogens with zero attached hydrogens (tertiary/aromatic N) is 6. The van der Waals surface area contributed by atoms with Gasteiger partial charge >= 0.3 is 0 Å². The standard InChI is InChI=1S/C22H36N6O/c1-25(2)21-20(16-23-17-24-21)27-10-8-18(9-11-27)22(29)28-14-12-26(13-15-28)19-6-4-3-5-7-19/h16-19H,3-15H2,1-2H3. The van der Waals surface area contributed by atoms with Gasteiger partial charge in [-0.2, -0.15) is 0 Å². The number of hydrogen-bond donors (Lipinski definition) is 0. The monoisotopic (exact) mass is 400 g/mol. The molecule has 0 N–H and O–H groups in total. The number of anilines is 2. The molecule has 0 bridgehead atoms. The van der Waals surface area contributed by atoms with Gasteiger partial charge in [0.2, 0.25) is 5.91 Å². The van der Waals surface area contributed by atoms with Gasteiger partial charge in [0.05, 0.1) is 11.9 Å². The zero-order valence-electron chi connectivity index (χ0n) is 18.1. The molecule has 0 aromatic carbocycles. The zero-order valence-corrected chi connectivity index (χ0v) is 18.1. The summed E-state index contributed by atoms with van der Waals surface area (Å²) in [5, 5.41) is 0. The van der Waals surface area contributed by atoms with E-state index in [9.17, 15) is 4.79 Å². The average molecular weight is 401 g/mol. The van der Waals surface area contributed by atoms with Crippen molar-refractivity contribution in [1.82, 2.24) is 19.8 Å². The molecule has 1 aliphatic carbocycles. The van der Waals surface area contributed by atoms with Crippen molar-refractivity contribution in [2.75, 3.05) is 63.2 Å². The first-order valence-corrected chi connectivity index (χ1v) is 11.4. The van der Waals surface area contributed by atoms with Gasteiger partial charge in [-0.25, -0.2) is 9.97 Å². The Kier molecular flexibility index (Phi) is 6.53. The molecule has 4 rings (SSSR count). The Morgan fingerprint density at radius 3 is 2.31 bits per heavy atom. The quantitative estimate of drug-likeness (QED) is 0.773. The molecule has 7 heteroatoms. The lowest BCUT2D eigenvalue weighted by Gasteiger charge is -2.42. The third-order valence-corrected chi connectivity index (χ3v) is 7.00. The Bertz CT molecular complexity index is 674. The highest BCUT2D eigenvalue weighted by Crippen LogP contribution is 2.30. The molecule has 3 aliphatic rings. The predicted molar refractivity (Wildman–Crippen MR) is 116 cm³/mol. The minimum atomic E-state index is 0.167. The minimum Gasteiger partial charge on any atom is -0.367 e. The lowest BCUT2D eigenvalue weighted by Crippen LogP contribution is -2.54. The van der Waals surface area contributed by atoms with Crippen LogP contribution in [0.5, 0.6) is 0 Å². The van der Waals surface area contributed by atoms with E-state index in [4.69, 9.17) is 0 Å². The van der Waals surface area contributed by atoms with Crippen molar-refractivity contribution in [3.05, 3.63) is 12.5 Å². The van der Waals surface area contributed by atoms with Crippen molar-refractivity contribution in [3.63, 3.8) is 0 Å². The molecule has 1 aromatic heterocycles. The summed E-state index contributed by atoms with van der Waals surface area (Å²) in [6, 6.07) is 0.767. The van der Waals surface area contributed by atoms with Gasteiger partial charge in [0, 0.05) is 65.3 Å². The van der Waals surface area contributed by atoms with Crippen LogP contribution in [0.25, 0.3) is 0 Å². The van der Waals surface area contributed by atoms with Crippen molar-refractivity contribution in [2.45, 2.75) is 51.0 Å². The van der Waals surface area contributed by atoms with E-state index in [1.165, 1.54) is 32.1 Å². The second-order valence-electron chi connectivity index (χ2n) is 9.04. The molecular formula is C22H36N6O. The fraction of sp³-hybridized carbons (Fsp3) is 0.773. The third kappa shape index (κ3) is 4.65. The van der Waals surface area contributed by atoms with Crippen molar-refractivity contribution >= 4 is 17.4 Å². The van der Waals surface area contributed by atoms with E-state index >= 15 is 0 Å². The number of carbonyl (C=O) groups is 1. The SMILES string of the molecule is CN(C)c1ncncc1N1CCC(C(=O)N2CCN(C3CCCCC3)CC2)CC1. The van der Waals surface area contributed by atoms with Gasteiger partial charge in [0.1, 0.15) is 6.33 Å². The molecule has 3 fully saturated rings. The van der Waals surface area contributed by atoms with Gasteiger partial charge in [-0.3, -0.25) is 9.69 Å². The summed E-state index contributed by atoms with van der Waals surface area (Å²) < 4.78 is 0. The Labute approximate surface area is 175 Å². The number of piperidine rings is 1. The molecule has 1 saturated carbocycles. The van der Waals surface area contributed by atoms with Gasteiger partial charge in [0.15, 0.2) is 5.82 Å². The lowest BCUT2D eigenvalue weighted by atomic mass is 9.93. The summed E-state index contributed by atoms with van der Waals surface area (Å²) in [6.45, 7) is 5.73. The van der Waals surface area contributed by atoms with Gasteiger partial charge in [-0.05, 0) is 25.7 Å². The van der Waals surface area contributed by atoms with Crippen LogP contribution >= 0.6 is 0 Å². The van der Waals surface area contributed by atoms with Gasteiger partial charge < -0.3 is 14.7 Å². The number of aromatic nitrogens is 2. The second-order valence-corrected chi connectivity index (χ2v) is 9.04. The van der Waals surface area contributed by atoms with Gasteiger partial charge in [-0.15, -0.1) is 0 Å². The number of amides is 1. The molecule has 1 amide bonds. The molecule has 160 valence electrons. The van der Waals surface area contributed by atoms with Gasteiger partial charge in [0.25, 0.3) is 0 Å². The topological polar surface area (TPSA) is 55.8 Å². The molecular weight excluding hydrogens is 364 g/mol. The van der Waals surface area contributed by atoms with Crippen LogP contribution in [0.2, 0.25) is 0 Å². The number of rotatable bonds is 4. The van der Waals surface area contributed by atoms with E-state index in [0.29, 0.717) is 5.91 Å². The Morgan fingerprint density at radius 2 is 1.66 bits per heavy atom. The summed E-state index contributed by atoms with van der Waals surface area (Å²) in [7, 11) is 4.02. The first-order chi connectivity index (χ1) is 14.1.